The first kappa shape index (κ1) is 12.6. The molecule has 0 aromatic heterocycles. The van der Waals surface area contributed by atoms with Gasteiger partial charge in [-0.1, -0.05) is 19.4 Å². The number of hydrogen-bond acceptors (Lipinski definition) is 2. The smallest absolute Gasteiger partial charge is 0.198 e. The molecule has 0 fully saturated rings. The average Bonchev–Trinajstić information content (AvgIpc) is 2.28. The Morgan fingerprint density at radius 1 is 1.47 bits per heavy atom. The maximum absolute atomic E-state index is 13.7. The van der Waals surface area contributed by atoms with Gasteiger partial charge in [-0.25, -0.2) is 9.38 Å². The van der Waals surface area contributed by atoms with Gasteiger partial charge in [0.25, 0.3) is 0 Å². The molecule has 0 aliphatic carbocycles. The third kappa shape index (κ3) is 2.51. The highest BCUT2D eigenvalue weighted by Crippen LogP contribution is 2.36. The molecule has 0 bridgehead atoms. The van der Waals surface area contributed by atoms with Crippen LogP contribution in [0.2, 0.25) is 0 Å². The normalized spacial score (nSPS) is 22.7. The molecule has 0 saturated carbocycles. The summed E-state index contributed by atoms with van der Waals surface area (Å²) in [6, 6.07) is 4.86. The number of benzene rings is 1. The van der Waals surface area contributed by atoms with Crippen molar-refractivity contribution in [3.63, 3.8) is 0 Å². The quantitative estimate of drug-likeness (QED) is 0.817. The number of rotatable bonds is 3. The van der Waals surface area contributed by atoms with Crippen molar-refractivity contribution in [2.75, 3.05) is 0 Å². The standard InChI is InChI=1S/C13H15BrFNO/c1-3-4-8-13(2)16-12(14)9-6-5-7-10(15)11(9)17-13/h5-7H,3-4,8H2,1-2H3. The van der Waals surface area contributed by atoms with Crippen LogP contribution in [0.1, 0.15) is 38.7 Å². The van der Waals surface area contributed by atoms with Crippen LogP contribution in [0, 0.1) is 5.82 Å². The van der Waals surface area contributed by atoms with E-state index in [1.54, 1.807) is 12.1 Å². The summed E-state index contributed by atoms with van der Waals surface area (Å²) >= 11 is 3.39. The molecule has 4 heteroatoms. The van der Waals surface area contributed by atoms with Crippen LogP contribution in [0.4, 0.5) is 4.39 Å². The second-order valence-corrected chi connectivity index (χ2v) is 5.15. The van der Waals surface area contributed by atoms with Gasteiger partial charge in [-0.3, -0.25) is 0 Å². The SMILES string of the molecule is CCCCC1(C)N=C(Br)c2cccc(F)c2O1. The molecule has 1 aliphatic rings. The lowest BCUT2D eigenvalue weighted by Gasteiger charge is -2.32. The number of para-hydroxylation sites is 1. The Labute approximate surface area is 109 Å². The minimum atomic E-state index is -0.663. The zero-order chi connectivity index (χ0) is 12.5. The van der Waals surface area contributed by atoms with Crippen LogP contribution in [0.25, 0.3) is 0 Å². The fourth-order valence-corrected chi connectivity index (χ4v) is 2.58. The van der Waals surface area contributed by atoms with E-state index < -0.39 is 5.72 Å². The number of ether oxygens (including phenoxy) is 1. The molecular formula is C13H15BrFNO. The molecule has 2 rings (SSSR count). The second kappa shape index (κ2) is 4.77. The number of aliphatic imine (C=N–C) groups is 1. The van der Waals surface area contributed by atoms with Crippen molar-refractivity contribution in [1.82, 2.24) is 0 Å². The van der Waals surface area contributed by atoms with Crippen molar-refractivity contribution >= 4 is 20.6 Å². The van der Waals surface area contributed by atoms with Gasteiger partial charge >= 0.3 is 0 Å². The topological polar surface area (TPSA) is 21.6 Å². The van der Waals surface area contributed by atoms with Gasteiger partial charge in [-0.15, -0.1) is 0 Å². The zero-order valence-electron chi connectivity index (χ0n) is 9.96. The van der Waals surface area contributed by atoms with Gasteiger partial charge in [0.05, 0.1) is 5.56 Å². The number of unbranched alkanes of at least 4 members (excludes halogenated alkanes) is 1. The fraction of sp³-hybridized carbons (Fsp3) is 0.462. The lowest BCUT2D eigenvalue weighted by molar-refractivity contribution is 0.0776. The van der Waals surface area contributed by atoms with Crippen LogP contribution in [0.3, 0.4) is 0 Å². The average molecular weight is 300 g/mol. The summed E-state index contributed by atoms with van der Waals surface area (Å²) in [6.45, 7) is 4.00. The van der Waals surface area contributed by atoms with Gasteiger partial charge in [0.2, 0.25) is 0 Å². The third-order valence-electron chi connectivity index (χ3n) is 2.84. The van der Waals surface area contributed by atoms with Crippen molar-refractivity contribution in [2.24, 2.45) is 4.99 Å². The molecule has 0 N–H and O–H groups in total. The molecule has 1 aliphatic heterocycles. The Kier molecular flexibility index (Phi) is 3.52. The highest BCUT2D eigenvalue weighted by molar-refractivity contribution is 9.18. The Bertz CT molecular complexity index is 461. The van der Waals surface area contributed by atoms with E-state index in [-0.39, 0.29) is 5.82 Å². The molecule has 1 aromatic carbocycles. The summed E-state index contributed by atoms with van der Waals surface area (Å²) < 4.78 is 20.1. The molecule has 1 unspecified atom stereocenters. The van der Waals surface area contributed by atoms with E-state index in [0.29, 0.717) is 15.9 Å². The Morgan fingerprint density at radius 2 is 2.24 bits per heavy atom. The largest absolute Gasteiger partial charge is 0.463 e. The van der Waals surface area contributed by atoms with Crippen molar-refractivity contribution in [3.05, 3.63) is 29.6 Å². The van der Waals surface area contributed by atoms with Crippen LogP contribution >= 0.6 is 15.9 Å². The summed E-state index contributed by atoms with van der Waals surface area (Å²) in [7, 11) is 0. The van der Waals surface area contributed by atoms with Gasteiger partial charge in [0.1, 0.15) is 4.62 Å². The monoisotopic (exact) mass is 299 g/mol. The summed E-state index contributed by atoms with van der Waals surface area (Å²) in [5.74, 6) is -0.0370. The van der Waals surface area contributed by atoms with E-state index in [0.717, 1.165) is 19.3 Å². The van der Waals surface area contributed by atoms with Crippen LogP contribution in [-0.2, 0) is 0 Å². The molecule has 0 amide bonds. The van der Waals surface area contributed by atoms with E-state index >= 15 is 0 Å². The molecule has 1 heterocycles. The van der Waals surface area contributed by atoms with Gasteiger partial charge in [-0.05, 0) is 41.4 Å². The molecular weight excluding hydrogens is 285 g/mol. The van der Waals surface area contributed by atoms with Crippen molar-refractivity contribution in [3.8, 4) is 5.75 Å². The first-order valence-electron chi connectivity index (χ1n) is 5.79. The molecule has 17 heavy (non-hydrogen) atoms. The molecule has 0 spiro atoms. The zero-order valence-corrected chi connectivity index (χ0v) is 11.6. The van der Waals surface area contributed by atoms with Gasteiger partial charge < -0.3 is 4.74 Å². The molecule has 1 atom stereocenters. The number of fused-ring (bicyclic) bond motifs is 1. The van der Waals surface area contributed by atoms with Gasteiger partial charge in [0, 0.05) is 6.42 Å². The van der Waals surface area contributed by atoms with E-state index in [1.807, 2.05) is 6.92 Å². The molecule has 1 aromatic rings. The van der Waals surface area contributed by atoms with Crippen LogP contribution in [0.5, 0.6) is 5.75 Å². The molecule has 2 nitrogen and oxygen atoms in total. The predicted octanol–water partition coefficient (Wildman–Crippen LogP) is 4.27. The van der Waals surface area contributed by atoms with Crippen molar-refractivity contribution in [1.29, 1.82) is 0 Å². The van der Waals surface area contributed by atoms with Crippen LogP contribution < -0.4 is 4.74 Å². The highest BCUT2D eigenvalue weighted by atomic mass is 79.9. The summed E-state index contributed by atoms with van der Waals surface area (Å²) in [4.78, 5) is 4.48. The Balaban J connectivity index is 2.36. The summed E-state index contributed by atoms with van der Waals surface area (Å²) in [5.41, 5.74) is 0.0169. The highest BCUT2D eigenvalue weighted by Gasteiger charge is 2.32. The lowest BCUT2D eigenvalue weighted by Crippen LogP contribution is -2.34. The fourth-order valence-electron chi connectivity index (χ4n) is 1.90. The molecule has 92 valence electrons. The summed E-state index contributed by atoms with van der Waals surface area (Å²) in [5, 5.41) is 0. The Hall–Kier alpha value is -0.900. The number of halogens is 2. The lowest BCUT2D eigenvalue weighted by atomic mass is 10.1. The second-order valence-electron chi connectivity index (χ2n) is 4.40. The number of nitrogens with zero attached hydrogens (tertiary/aromatic N) is 1. The third-order valence-corrected chi connectivity index (χ3v) is 3.44. The maximum Gasteiger partial charge on any atom is 0.198 e. The Morgan fingerprint density at radius 3 is 2.94 bits per heavy atom. The van der Waals surface area contributed by atoms with Crippen LogP contribution in [-0.4, -0.2) is 10.3 Å². The van der Waals surface area contributed by atoms with E-state index in [9.17, 15) is 4.39 Å². The van der Waals surface area contributed by atoms with E-state index in [4.69, 9.17) is 4.74 Å². The minimum absolute atomic E-state index is 0.299. The molecule has 0 saturated heterocycles. The predicted molar refractivity (Wildman–Crippen MR) is 70.4 cm³/mol. The number of hydrogen-bond donors (Lipinski definition) is 0. The molecule has 0 radical (unpaired) electrons. The van der Waals surface area contributed by atoms with E-state index in [2.05, 4.69) is 27.8 Å². The first-order valence-corrected chi connectivity index (χ1v) is 6.58. The van der Waals surface area contributed by atoms with E-state index in [1.165, 1.54) is 6.07 Å². The van der Waals surface area contributed by atoms with Gasteiger partial charge in [-0.2, -0.15) is 0 Å². The van der Waals surface area contributed by atoms with Gasteiger partial charge in [0.15, 0.2) is 17.3 Å². The first-order chi connectivity index (χ1) is 8.06. The summed E-state index contributed by atoms with van der Waals surface area (Å²) in [6.07, 6.45) is 2.85. The maximum atomic E-state index is 13.7. The van der Waals surface area contributed by atoms with Crippen LogP contribution in [0.15, 0.2) is 23.2 Å². The van der Waals surface area contributed by atoms with Crippen molar-refractivity contribution < 1.29 is 9.13 Å². The van der Waals surface area contributed by atoms with Crippen molar-refractivity contribution in [2.45, 2.75) is 38.8 Å². The minimum Gasteiger partial charge on any atom is -0.463 e.